The number of ether oxygens (including phenoxy) is 3. The van der Waals surface area contributed by atoms with E-state index in [4.69, 9.17) is 14.2 Å². The molecule has 0 heterocycles. The molecule has 0 bridgehead atoms. The third-order valence-electron chi connectivity index (χ3n) is 4.67. The second kappa shape index (κ2) is 11.2. The van der Waals surface area contributed by atoms with E-state index in [2.05, 4.69) is 10.0 Å². The standard InChI is InChI=1S/C24H26N2O6S/c1-30-20-9-5-19(6-10-20)26-33(28,29)23-15-7-18(8-16-23)25-24(27)4-3-17-32-22-13-11-21(31-2)12-14-22/h5-16,26H,3-4,17H2,1-2H3,(H,25,27). The van der Waals surface area contributed by atoms with E-state index in [-0.39, 0.29) is 17.2 Å². The highest BCUT2D eigenvalue weighted by molar-refractivity contribution is 7.92. The number of hydrogen-bond acceptors (Lipinski definition) is 6. The van der Waals surface area contributed by atoms with Crippen LogP contribution >= 0.6 is 0 Å². The summed E-state index contributed by atoms with van der Waals surface area (Å²) < 4.78 is 43.4. The van der Waals surface area contributed by atoms with Crippen LogP contribution < -0.4 is 24.2 Å². The number of nitrogens with one attached hydrogen (secondary N) is 2. The molecule has 0 saturated carbocycles. The molecule has 3 rings (SSSR count). The minimum absolute atomic E-state index is 0.0872. The summed E-state index contributed by atoms with van der Waals surface area (Å²) in [4.78, 5) is 12.2. The van der Waals surface area contributed by atoms with E-state index < -0.39 is 10.0 Å². The van der Waals surface area contributed by atoms with Crippen molar-refractivity contribution in [1.29, 1.82) is 0 Å². The van der Waals surface area contributed by atoms with Gasteiger partial charge in [-0.25, -0.2) is 8.42 Å². The molecule has 33 heavy (non-hydrogen) atoms. The average Bonchev–Trinajstić information content (AvgIpc) is 2.83. The maximum atomic E-state index is 12.6. The monoisotopic (exact) mass is 470 g/mol. The Morgan fingerprint density at radius 1 is 0.758 bits per heavy atom. The summed E-state index contributed by atoms with van der Waals surface area (Å²) in [6.07, 6.45) is 0.811. The molecule has 0 radical (unpaired) electrons. The topological polar surface area (TPSA) is 103 Å². The third-order valence-corrected chi connectivity index (χ3v) is 6.06. The predicted octanol–water partition coefficient (Wildman–Crippen LogP) is 4.30. The van der Waals surface area contributed by atoms with E-state index in [1.165, 1.54) is 19.2 Å². The molecule has 174 valence electrons. The van der Waals surface area contributed by atoms with Gasteiger partial charge in [-0.05, 0) is 79.2 Å². The van der Waals surface area contributed by atoms with Gasteiger partial charge in [0.2, 0.25) is 5.91 Å². The Morgan fingerprint density at radius 3 is 1.85 bits per heavy atom. The van der Waals surface area contributed by atoms with E-state index in [1.54, 1.807) is 67.8 Å². The molecule has 0 aliphatic rings. The normalized spacial score (nSPS) is 10.8. The number of anilines is 2. The third kappa shape index (κ3) is 7.15. The molecule has 0 aliphatic heterocycles. The van der Waals surface area contributed by atoms with Crippen LogP contribution in [0.3, 0.4) is 0 Å². The summed E-state index contributed by atoms with van der Waals surface area (Å²) in [6, 6.07) is 19.8. The zero-order valence-corrected chi connectivity index (χ0v) is 19.2. The average molecular weight is 471 g/mol. The molecule has 3 aromatic carbocycles. The number of methoxy groups -OCH3 is 2. The lowest BCUT2D eigenvalue weighted by Crippen LogP contribution is -2.14. The Labute approximate surface area is 193 Å². The maximum Gasteiger partial charge on any atom is 0.261 e. The minimum Gasteiger partial charge on any atom is -0.497 e. The van der Waals surface area contributed by atoms with Gasteiger partial charge in [0.05, 0.1) is 25.7 Å². The number of rotatable bonds is 11. The summed E-state index contributed by atoms with van der Waals surface area (Å²) in [5, 5.41) is 2.76. The van der Waals surface area contributed by atoms with Crippen LogP contribution in [0.25, 0.3) is 0 Å². The zero-order chi connectivity index (χ0) is 23.7. The van der Waals surface area contributed by atoms with Crippen molar-refractivity contribution in [3.8, 4) is 17.2 Å². The molecule has 0 atom stereocenters. The Bertz CT molecular complexity index is 1150. The molecule has 0 aliphatic carbocycles. The van der Waals surface area contributed by atoms with Crippen LogP contribution in [0, 0.1) is 0 Å². The Balaban J connectivity index is 1.46. The van der Waals surface area contributed by atoms with Crippen molar-refractivity contribution in [1.82, 2.24) is 0 Å². The number of carbonyl (C=O) groups excluding carboxylic acids is 1. The molecular formula is C24H26N2O6S. The number of benzene rings is 3. The van der Waals surface area contributed by atoms with Crippen molar-refractivity contribution in [2.24, 2.45) is 0 Å². The molecule has 9 heteroatoms. The number of carbonyl (C=O) groups is 1. The van der Waals surface area contributed by atoms with Gasteiger partial charge in [0.25, 0.3) is 10.0 Å². The highest BCUT2D eigenvalue weighted by atomic mass is 32.2. The molecule has 1 amide bonds. The summed E-state index contributed by atoms with van der Waals surface area (Å²) in [5.74, 6) is 1.90. The molecule has 2 N–H and O–H groups in total. The van der Waals surface area contributed by atoms with Gasteiger partial charge in [-0.3, -0.25) is 9.52 Å². The quantitative estimate of drug-likeness (QED) is 0.405. The second-order valence-corrected chi connectivity index (χ2v) is 8.72. The summed E-state index contributed by atoms with van der Waals surface area (Å²) in [7, 11) is -0.619. The molecule has 0 fully saturated rings. The first-order valence-electron chi connectivity index (χ1n) is 10.2. The van der Waals surface area contributed by atoms with E-state index >= 15 is 0 Å². The smallest absolute Gasteiger partial charge is 0.261 e. The molecule has 3 aromatic rings. The molecular weight excluding hydrogens is 444 g/mol. The lowest BCUT2D eigenvalue weighted by molar-refractivity contribution is -0.116. The fourth-order valence-corrected chi connectivity index (χ4v) is 3.97. The van der Waals surface area contributed by atoms with Gasteiger partial charge in [-0.1, -0.05) is 0 Å². The first kappa shape index (κ1) is 23.9. The van der Waals surface area contributed by atoms with Crippen LogP contribution in [0.5, 0.6) is 17.2 Å². The SMILES string of the molecule is COc1ccc(NS(=O)(=O)c2ccc(NC(=O)CCCOc3ccc(OC)cc3)cc2)cc1. The lowest BCUT2D eigenvalue weighted by Gasteiger charge is -2.10. The Hall–Kier alpha value is -3.72. The van der Waals surface area contributed by atoms with Gasteiger partial charge in [0.1, 0.15) is 17.2 Å². The van der Waals surface area contributed by atoms with Gasteiger partial charge in [-0.15, -0.1) is 0 Å². The minimum atomic E-state index is -3.75. The fraction of sp³-hybridized carbons (Fsp3) is 0.208. The Kier molecular flexibility index (Phi) is 8.15. The van der Waals surface area contributed by atoms with Gasteiger partial charge < -0.3 is 19.5 Å². The molecule has 8 nitrogen and oxygen atoms in total. The van der Waals surface area contributed by atoms with E-state index in [1.807, 2.05) is 0 Å². The highest BCUT2D eigenvalue weighted by Gasteiger charge is 2.14. The van der Waals surface area contributed by atoms with Crippen LogP contribution in [0.1, 0.15) is 12.8 Å². The fourth-order valence-electron chi connectivity index (χ4n) is 2.91. The number of hydrogen-bond donors (Lipinski definition) is 2. The highest BCUT2D eigenvalue weighted by Crippen LogP contribution is 2.21. The maximum absolute atomic E-state index is 12.6. The lowest BCUT2D eigenvalue weighted by atomic mass is 10.2. The zero-order valence-electron chi connectivity index (χ0n) is 18.4. The van der Waals surface area contributed by atoms with Crippen LogP contribution in [0.15, 0.2) is 77.7 Å². The first-order chi connectivity index (χ1) is 15.9. The van der Waals surface area contributed by atoms with Crippen molar-refractivity contribution in [3.63, 3.8) is 0 Å². The number of amides is 1. The van der Waals surface area contributed by atoms with Crippen molar-refractivity contribution in [2.45, 2.75) is 17.7 Å². The van der Waals surface area contributed by atoms with Crippen LogP contribution in [0.4, 0.5) is 11.4 Å². The van der Waals surface area contributed by atoms with Crippen molar-refractivity contribution >= 4 is 27.3 Å². The predicted molar refractivity (Wildman–Crippen MR) is 127 cm³/mol. The summed E-state index contributed by atoms with van der Waals surface area (Å²) in [5.41, 5.74) is 0.935. The second-order valence-electron chi connectivity index (χ2n) is 7.03. The summed E-state index contributed by atoms with van der Waals surface area (Å²) in [6.45, 7) is 0.397. The van der Waals surface area contributed by atoms with Crippen molar-refractivity contribution in [3.05, 3.63) is 72.8 Å². The summed E-state index contributed by atoms with van der Waals surface area (Å²) >= 11 is 0. The largest absolute Gasteiger partial charge is 0.497 e. The molecule has 0 unspecified atom stereocenters. The van der Waals surface area contributed by atoms with Crippen LogP contribution in [-0.2, 0) is 14.8 Å². The van der Waals surface area contributed by atoms with Crippen LogP contribution in [-0.4, -0.2) is 35.2 Å². The van der Waals surface area contributed by atoms with Crippen LogP contribution in [0.2, 0.25) is 0 Å². The molecule has 0 saturated heterocycles. The van der Waals surface area contributed by atoms with Gasteiger partial charge in [0.15, 0.2) is 0 Å². The molecule has 0 spiro atoms. The van der Waals surface area contributed by atoms with Gasteiger partial charge in [0, 0.05) is 17.8 Å². The van der Waals surface area contributed by atoms with Gasteiger partial charge in [-0.2, -0.15) is 0 Å². The molecule has 0 aromatic heterocycles. The van der Waals surface area contributed by atoms with E-state index in [9.17, 15) is 13.2 Å². The Morgan fingerprint density at radius 2 is 1.27 bits per heavy atom. The number of sulfonamides is 1. The van der Waals surface area contributed by atoms with Gasteiger partial charge >= 0.3 is 0 Å². The first-order valence-corrected chi connectivity index (χ1v) is 11.7. The van der Waals surface area contributed by atoms with E-state index in [0.717, 1.165) is 5.75 Å². The van der Waals surface area contributed by atoms with E-state index in [0.29, 0.717) is 35.9 Å². The van der Waals surface area contributed by atoms with Crippen molar-refractivity contribution < 1.29 is 27.4 Å². The van der Waals surface area contributed by atoms with Crippen molar-refractivity contribution in [2.75, 3.05) is 30.9 Å².